The number of hydrogen-bond donors (Lipinski definition) is 0. The number of fused-ring (bicyclic) bond motifs is 3. The maximum atomic E-state index is 10.8. The van der Waals surface area contributed by atoms with E-state index >= 15 is 0 Å². The second-order valence-corrected chi connectivity index (χ2v) is 4.21. The molecular formula is C12H12O. The first-order valence-electron chi connectivity index (χ1n) is 4.93. The first kappa shape index (κ1) is 7.31. The molecule has 0 saturated heterocycles. The van der Waals surface area contributed by atoms with E-state index in [0.717, 1.165) is 12.7 Å². The van der Waals surface area contributed by atoms with Crippen LogP contribution in [0.5, 0.6) is 0 Å². The third kappa shape index (κ3) is 0.963. The Bertz CT molecular complexity index is 356. The lowest BCUT2D eigenvalue weighted by Crippen LogP contribution is -2.15. The quantitative estimate of drug-likeness (QED) is 0.593. The zero-order chi connectivity index (χ0) is 8.84. The Morgan fingerprint density at radius 2 is 2.15 bits per heavy atom. The van der Waals surface area contributed by atoms with Crippen LogP contribution in [-0.2, 0) is 11.2 Å². The molecule has 3 unspecified atom stereocenters. The highest BCUT2D eigenvalue weighted by molar-refractivity contribution is 5.59. The first-order valence-corrected chi connectivity index (χ1v) is 4.93. The molecule has 0 spiro atoms. The van der Waals surface area contributed by atoms with E-state index < -0.39 is 0 Å². The van der Waals surface area contributed by atoms with Crippen molar-refractivity contribution in [2.75, 3.05) is 0 Å². The van der Waals surface area contributed by atoms with Crippen LogP contribution in [0.3, 0.4) is 0 Å². The minimum atomic E-state index is 0.305. The van der Waals surface area contributed by atoms with Gasteiger partial charge in [0.2, 0.25) is 0 Å². The first-order chi connectivity index (χ1) is 6.40. The van der Waals surface area contributed by atoms with Gasteiger partial charge in [-0.2, -0.15) is 0 Å². The largest absolute Gasteiger partial charge is 0.303 e. The Kier molecular flexibility index (Phi) is 1.37. The van der Waals surface area contributed by atoms with Gasteiger partial charge in [0.25, 0.3) is 0 Å². The predicted octanol–water partition coefficient (Wildman–Crippen LogP) is 2.16. The summed E-state index contributed by atoms with van der Waals surface area (Å²) in [4.78, 5) is 10.8. The van der Waals surface area contributed by atoms with E-state index in [0.29, 0.717) is 17.8 Å². The van der Waals surface area contributed by atoms with Crippen LogP contribution < -0.4 is 0 Å². The molecule has 3 rings (SSSR count). The maximum Gasteiger partial charge on any atom is 0.123 e. The van der Waals surface area contributed by atoms with Crippen molar-refractivity contribution < 1.29 is 4.79 Å². The molecule has 1 nitrogen and oxygen atoms in total. The molecule has 1 aromatic carbocycles. The average Bonchev–Trinajstić information content (AvgIpc) is 2.96. The van der Waals surface area contributed by atoms with Crippen molar-refractivity contribution in [3.8, 4) is 0 Å². The summed E-state index contributed by atoms with van der Waals surface area (Å²) in [5, 5.41) is 0. The Morgan fingerprint density at radius 3 is 3.00 bits per heavy atom. The molecule has 2 aliphatic rings. The van der Waals surface area contributed by atoms with Crippen molar-refractivity contribution in [3.05, 3.63) is 35.4 Å². The van der Waals surface area contributed by atoms with Gasteiger partial charge in [0.05, 0.1) is 0 Å². The molecule has 1 fully saturated rings. The molecule has 0 bridgehead atoms. The van der Waals surface area contributed by atoms with E-state index in [1.807, 2.05) is 0 Å². The zero-order valence-corrected chi connectivity index (χ0v) is 7.44. The summed E-state index contributed by atoms with van der Waals surface area (Å²) < 4.78 is 0. The Hall–Kier alpha value is -1.11. The number of carbonyl (C=O) groups is 1. The molecule has 13 heavy (non-hydrogen) atoms. The summed E-state index contributed by atoms with van der Waals surface area (Å²) in [6.07, 6.45) is 3.36. The van der Waals surface area contributed by atoms with Crippen LogP contribution in [-0.4, -0.2) is 6.29 Å². The lowest BCUT2D eigenvalue weighted by molar-refractivity contribution is -0.111. The van der Waals surface area contributed by atoms with Gasteiger partial charge in [-0.05, 0) is 35.8 Å². The van der Waals surface area contributed by atoms with Crippen molar-refractivity contribution in [2.24, 2.45) is 11.8 Å². The molecule has 66 valence electrons. The highest BCUT2D eigenvalue weighted by Crippen LogP contribution is 2.56. The molecule has 1 saturated carbocycles. The van der Waals surface area contributed by atoms with E-state index in [-0.39, 0.29) is 0 Å². The molecule has 0 N–H and O–H groups in total. The monoisotopic (exact) mass is 172 g/mol. The summed E-state index contributed by atoms with van der Waals surface area (Å²) in [7, 11) is 0. The average molecular weight is 172 g/mol. The Morgan fingerprint density at radius 1 is 1.31 bits per heavy atom. The van der Waals surface area contributed by atoms with Gasteiger partial charge in [-0.25, -0.2) is 0 Å². The summed E-state index contributed by atoms with van der Waals surface area (Å²) in [6.45, 7) is 0. The minimum Gasteiger partial charge on any atom is -0.303 e. The van der Waals surface area contributed by atoms with Gasteiger partial charge in [0.1, 0.15) is 6.29 Å². The predicted molar refractivity (Wildman–Crippen MR) is 50.5 cm³/mol. The fraction of sp³-hybridized carbons (Fsp3) is 0.417. The van der Waals surface area contributed by atoms with Crippen LogP contribution >= 0.6 is 0 Å². The second kappa shape index (κ2) is 2.44. The van der Waals surface area contributed by atoms with E-state index in [9.17, 15) is 4.79 Å². The maximum absolute atomic E-state index is 10.8. The molecule has 0 amide bonds. The van der Waals surface area contributed by atoms with Gasteiger partial charge in [0.15, 0.2) is 0 Å². The van der Waals surface area contributed by atoms with Gasteiger partial charge in [-0.15, -0.1) is 0 Å². The summed E-state index contributed by atoms with van der Waals surface area (Å²) in [6, 6.07) is 8.57. The normalized spacial score (nSPS) is 34.6. The van der Waals surface area contributed by atoms with E-state index in [1.54, 1.807) is 0 Å². The SMILES string of the molecule is O=CC1Cc2ccccc2C2CC12. The second-order valence-electron chi connectivity index (χ2n) is 4.21. The number of carbonyl (C=O) groups excluding carboxylic acids is 1. The van der Waals surface area contributed by atoms with Gasteiger partial charge in [0, 0.05) is 5.92 Å². The molecule has 1 aromatic rings. The highest BCUT2D eigenvalue weighted by atomic mass is 16.1. The van der Waals surface area contributed by atoms with Crippen LogP contribution in [0.15, 0.2) is 24.3 Å². The topological polar surface area (TPSA) is 17.1 Å². The zero-order valence-electron chi connectivity index (χ0n) is 7.44. The summed E-state index contributed by atoms with van der Waals surface area (Å²) >= 11 is 0. The lowest BCUT2D eigenvalue weighted by atomic mass is 9.85. The molecular weight excluding hydrogens is 160 g/mol. The number of aldehydes is 1. The van der Waals surface area contributed by atoms with Gasteiger partial charge >= 0.3 is 0 Å². The van der Waals surface area contributed by atoms with Crippen molar-refractivity contribution >= 4 is 6.29 Å². The number of hydrogen-bond acceptors (Lipinski definition) is 1. The van der Waals surface area contributed by atoms with E-state index in [4.69, 9.17) is 0 Å². The minimum absolute atomic E-state index is 0.305. The molecule has 3 atom stereocenters. The third-order valence-electron chi connectivity index (χ3n) is 3.47. The van der Waals surface area contributed by atoms with Crippen LogP contribution in [0, 0.1) is 11.8 Å². The van der Waals surface area contributed by atoms with Crippen molar-refractivity contribution in [2.45, 2.75) is 18.8 Å². The number of rotatable bonds is 1. The van der Waals surface area contributed by atoms with Gasteiger partial charge < -0.3 is 4.79 Å². The summed E-state index contributed by atoms with van der Waals surface area (Å²) in [5.74, 6) is 1.69. The highest BCUT2D eigenvalue weighted by Gasteiger charge is 2.47. The van der Waals surface area contributed by atoms with Crippen molar-refractivity contribution in [3.63, 3.8) is 0 Å². The van der Waals surface area contributed by atoms with Crippen LogP contribution in [0.4, 0.5) is 0 Å². The van der Waals surface area contributed by atoms with E-state index in [2.05, 4.69) is 24.3 Å². The molecule has 1 heteroatoms. The lowest BCUT2D eigenvalue weighted by Gasteiger charge is -2.19. The molecule has 2 aliphatic carbocycles. The van der Waals surface area contributed by atoms with E-state index in [1.165, 1.54) is 17.5 Å². The summed E-state index contributed by atoms with van der Waals surface area (Å²) in [5.41, 5.74) is 2.91. The molecule has 0 radical (unpaired) electrons. The Labute approximate surface area is 77.8 Å². The molecule has 0 aliphatic heterocycles. The van der Waals surface area contributed by atoms with Crippen LogP contribution in [0.2, 0.25) is 0 Å². The standard InChI is InChI=1S/C12H12O/c13-7-9-5-8-3-1-2-4-10(8)12-6-11(9)12/h1-4,7,9,11-12H,5-6H2. The van der Waals surface area contributed by atoms with Crippen LogP contribution in [0.25, 0.3) is 0 Å². The van der Waals surface area contributed by atoms with Crippen molar-refractivity contribution in [1.29, 1.82) is 0 Å². The molecule has 0 aromatic heterocycles. The van der Waals surface area contributed by atoms with Crippen LogP contribution in [0.1, 0.15) is 23.5 Å². The van der Waals surface area contributed by atoms with Crippen molar-refractivity contribution in [1.82, 2.24) is 0 Å². The Balaban J connectivity index is 2.05. The molecule has 0 heterocycles. The third-order valence-corrected chi connectivity index (χ3v) is 3.47. The fourth-order valence-electron chi connectivity index (χ4n) is 2.68. The van der Waals surface area contributed by atoms with Gasteiger partial charge in [-0.3, -0.25) is 0 Å². The smallest absolute Gasteiger partial charge is 0.123 e. The number of benzene rings is 1. The van der Waals surface area contributed by atoms with Gasteiger partial charge in [-0.1, -0.05) is 24.3 Å². The fourth-order valence-corrected chi connectivity index (χ4v) is 2.68.